The average molecular weight is 317 g/mol. The van der Waals surface area contributed by atoms with Crippen molar-refractivity contribution in [1.82, 2.24) is 4.31 Å². The van der Waals surface area contributed by atoms with Crippen LogP contribution in [0.5, 0.6) is 0 Å². The van der Waals surface area contributed by atoms with Crippen molar-refractivity contribution in [3.63, 3.8) is 0 Å². The molecule has 0 atom stereocenters. The lowest BCUT2D eigenvalue weighted by molar-refractivity contribution is 0.265. The van der Waals surface area contributed by atoms with Crippen LogP contribution >= 0.6 is 11.6 Å². The Hall–Kier alpha value is -0.620. The molecule has 1 aromatic carbocycles. The van der Waals surface area contributed by atoms with Gasteiger partial charge in [0.15, 0.2) is 0 Å². The number of halogens is 1. The molecule has 1 aliphatic heterocycles. The van der Waals surface area contributed by atoms with Gasteiger partial charge in [0.1, 0.15) is 0 Å². The number of sulfonamides is 1. The van der Waals surface area contributed by atoms with E-state index in [2.05, 4.69) is 0 Å². The van der Waals surface area contributed by atoms with Gasteiger partial charge in [0.2, 0.25) is 10.0 Å². The molecule has 4 nitrogen and oxygen atoms in total. The van der Waals surface area contributed by atoms with E-state index in [1.54, 1.807) is 29.4 Å². The third-order valence-electron chi connectivity index (χ3n) is 3.90. The molecule has 0 unspecified atom stereocenters. The smallest absolute Gasteiger partial charge is 0.243 e. The molecule has 2 rings (SSSR count). The number of benzene rings is 1. The Morgan fingerprint density at radius 2 is 2.00 bits per heavy atom. The second kappa shape index (κ2) is 6.43. The van der Waals surface area contributed by atoms with Crippen molar-refractivity contribution in [3.8, 4) is 0 Å². The molecule has 2 N–H and O–H groups in total. The van der Waals surface area contributed by atoms with E-state index < -0.39 is 10.0 Å². The van der Waals surface area contributed by atoms with Gasteiger partial charge in [-0.05, 0) is 62.4 Å². The number of rotatable bonds is 4. The molecule has 1 aromatic rings. The molecule has 0 aromatic heterocycles. The van der Waals surface area contributed by atoms with Crippen molar-refractivity contribution >= 4 is 21.6 Å². The molecule has 1 saturated heterocycles. The molecule has 1 heterocycles. The predicted molar refractivity (Wildman–Crippen MR) is 81.3 cm³/mol. The molecule has 6 heteroatoms. The summed E-state index contributed by atoms with van der Waals surface area (Å²) in [7, 11) is -3.40. The Labute approximate surface area is 126 Å². The van der Waals surface area contributed by atoms with Crippen LogP contribution in [0.4, 0.5) is 0 Å². The summed E-state index contributed by atoms with van der Waals surface area (Å²) >= 11 is 5.89. The van der Waals surface area contributed by atoms with E-state index in [1.165, 1.54) is 0 Å². The van der Waals surface area contributed by atoms with Crippen LogP contribution in [0, 0.1) is 12.8 Å². The third kappa shape index (κ3) is 3.34. The zero-order chi connectivity index (χ0) is 14.8. The first-order chi connectivity index (χ1) is 9.45. The van der Waals surface area contributed by atoms with Gasteiger partial charge in [-0.15, -0.1) is 0 Å². The summed E-state index contributed by atoms with van der Waals surface area (Å²) in [5, 5.41) is 0.558. The van der Waals surface area contributed by atoms with Gasteiger partial charge in [0.05, 0.1) is 4.90 Å². The standard InChI is InChI=1S/C14H21ClN2O2S/c1-11-10-13(15)2-3-14(11)20(18,19)17-8-5-12(4-7-16)6-9-17/h2-3,10,12H,4-9,16H2,1H3. The summed E-state index contributed by atoms with van der Waals surface area (Å²) in [5.74, 6) is 0.553. The van der Waals surface area contributed by atoms with Crippen molar-refractivity contribution < 1.29 is 8.42 Å². The fourth-order valence-electron chi connectivity index (χ4n) is 2.72. The zero-order valence-corrected chi connectivity index (χ0v) is 13.3. The molecule has 0 amide bonds. The highest BCUT2D eigenvalue weighted by atomic mass is 35.5. The third-order valence-corrected chi connectivity index (χ3v) is 6.20. The number of hydrogen-bond acceptors (Lipinski definition) is 3. The molecule has 0 radical (unpaired) electrons. The van der Waals surface area contributed by atoms with Crippen molar-refractivity contribution in [2.24, 2.45) is 11.7 Å². The summed E-state index contributed by atoms with van der Waals surface area (Å²) in [6.07, 6.45) is 2.76. The lowest BCUT2D eigenvalue weighted by atomic mass is 9.95. The van der Waals surface area contributed by atoms with Crippen LogP contribution in [0.25, 0.3) is 0 Å². The summed E-state index contributed by atoms with van der Waals surface area (Å²) in [6.45, 7) is 3.61. The van der Waals surface area contributed by atoms with E-state index in [-0.39, 0.29) is 0 Å². The summed E-state index contributed by atoms with van der Waals surface area (Å²) in [4.78, 5) is 0.360. The highest BCUT2D eigenvalue weighted by Crippen LogP contribution is 2.27. The first-order valence-electron chi connectivity index (χ1n) is 6.91. The quantitative estimate of drug-likeness (QED) is 0.927. The number of hydrogen-bond donors (Lipinski definition) is 1. The number of aryl methyl sites for hydroxylation is 1. The number of nitrogens with zero attached hydrogens (tertiary/aromatic N) is 1. The van der Waals surface area contributed by atoms with Gasteiger partial charge in [0.25, 0.3) is 0 Å². The SMILES string of the molecule is Cc1cc(Cl)ccc1S(=O)(=O)N1CCC(CCN)CC1. The molecule has 0 spiro atoms. The molecule has 0 bridgehead atoms. The van der Waals surface area contributed by atoms with Gasteiger partial charge < -0.3 is 5.73 Å². The summed E-state index contributed by atoms with van der Waals surface area (Å²) in [5.41, 5.74) is 6.26. The van der Waals surface area contributed by atoms with Gasteiger partial charge >= 0.3 is 0 Å². The summed E-state index contributed by atoms with van der Waals surface area (Å²) in [6, 6.07) is 4.91. The van der Waals surface area contributed by atoms with Gasteiger partial charge in [-0.2, -0.15) is 4.31 Å². The van der Waals surface area contributed by atoms with Crippen molar-refractivity contribution in [1.29, 1.82) is 0 Å². The van der Waals surface area contributed by atoms with E-state index >= 15 is 0 Å². The van der Waals surface area contributed by atoms with Crippen molar-refractivity contribution in [3.05, 3.63) is 28.8 Å². The topological polar surface area (TPSA) is 63.4 Å². The van der Waals surface area contributed by atoms with Crippen molar-refractivity contribution in [2.45, 2.75) is 31.1 Å². The Kier molecular flexibility index (Phi) is 5.07. The second-order valence-electron chi connectivity index (χ2n) is 5.33. The van der Waals surface area contributed by atoms with Gasteiger partial charge in [-0.1, -0.05) is 11.6 Å². The second-order valence-corrected chi connectivity index (χ2v) is 7.68. The average Bonchev–Trinajstić information content (AvgIpc) is 2.39. The normalized spacial score (nSPS) is 18.4. The monoisotopic (exact) mass is 316 g/mol. The lowest BCUT2D eigenvalue weighted by Gasteiger charge is -2.31. The van der Waals surface area contributed by atoms with Crippen LogP contribution in [-0.2, 0) is 10.0 Å². The summed E-state index contributed by atoms with van der Waals surface area (Å²) < 4.78 is 26.9. The lowest BCUT2D eigenvalue weighted by Crippen LogP contribution is -2.39. The maximum absolute atomic E-state index is 12.6. The molecule has 1 aliphatic rings. The number of piperidine rings is 1. The van der Waals surface area contributed by atoms with Gasteiger partial charge in [0, 0.05) is 18.1 Å². The van der Waals surface area contributed by atoms with E-state index in [0.717, 1.165) is 19.3 Å². The van der Waals surface area contributed by atoms with Crippen LogP contribution in [0.3, 0.4) is 0 Å². The molecule has 0 saturated carbocycles. The fraction of sp³-hybridized carbons (Fsp3) is 0.571. The first kappa shape index (κ1) is 15.8. The zero-order valence-electron chi connectivity index (χ0n) is 11.7. The van der Waals surface area contributed by atoms with E-state index in [4.69, 9.17) is 17.3 Å². The minimum atomic E-state index is -3.40. The fourth-order valence-corrected chi connectivity index (χ4v) is 4.62. The van der Waals surface area contributed by atoms with Crippen LogP contribution < -0.4 is 5.73 Å². The van der Waals surface area contributed by atoms with Crippen LogP contribution in [0.15, 0.2) is 23.1 Å². The molecule has 1 fully saturated rings. The molecule has 20 heavy (non-hydrogen) atoms. The van der Waals surface area contributed by atoms with Gasteiger partial charge in [-0.25, -0.2) is 8.42 Å². The largest absolute Gasteiger partial charge is 0.330 e. The van der Waals surface area contributed by atoms with E-state index in [1.807, 2.05) is 0 Å². The molecular weight excluding hydrogens is 296 g/mol. The Morgan fingerprint density at radius 1 is 1.35 bits per heavy atom. The minimum Gasteiger partial charge on any atom is -0.330 e. The Morgan fingerprint density at radius 3 is 2.55 bits per heavy atom. The number of nitrogens with two attached hydrogens (primary N) is 1. The molecule has 0 aliphatic carbocycles. The predicted octanol–water partition coefficient (Wildman–Crippen LogP) is 2.40. The minimum absolute atomic E-state index is 0.360. The Balaban J connectivity index is 2.15. The van der Waals surface area contributed by atoms with Crippen LogP contribution in [-0.4, -0.2) is 32.4 Å². The highest BCUT2D eigenvalue weighted by Gasteiger charge is 2.30. The van der Waals surface area contributed by atoms with Crippen LogP contribution in [0.2, 0.25) is 5.02 Å². The highest BCUT2D eigenvalue weighted by molar-refractivity contribution is 7.89. The molecule has 112 valence electrons. The van der Waals surface area contributed by atoms with E-state index in [9.17, 15) is 8.42 Å². The van der Waals surface area contributed by atoms with Gasteiger partial charge in [-0.3, -0.25) is 0 Å². The van der Waals surface area contributed by atoms with Crippen LogP contribution in [0.1, 0.15) is 24.8 Å². The Bertz CT molecular complexity index is 567. The maximum Gasteiger partial charge on any atom is 0.243 e. The first-order valence-corrected chi connectivity index (χ1v) is 8.73. The van der Waals surface area contributed by atoms with Crippen molar-refractivity contribution in [2.75, 3.05) is 19.6 Å². The van der Waals surface area contributed by atoms with E-state index in [0.29, 0.717) is 41.0 Å². The molecular formula is C14H21ClN2O2S. The maximum atomic E-state index is 12.6.